The van der Waals surface area contributed by atoms with Crippen molar-refractivity contribution in [3.63, 3.8) is 0 Å². The van der Waals surface area contributed by atoms with Gasteiger partial charge in [0.15, 0.2) is 11.5 Å². The van der Waals surface area contributed by atoms with E-state index in [1.165, 1.54) is 7.11 Å². The summed E-state index contributed by atoms with van der Waals surface area (Å²) in [5, 5.41) is 4.07. The van der Waals surface area contributed by atoms with Crippen LogP contribution in [0.4, 0.5) is 0 Å². The van der Waals surface area contributed by atoms with Crippen LogP contribution in [0.3, 0.4) is 0 Å². The van der Waals surface area contributed by atoms with Crippen molar-refractivity contribution in [1.29, 1.82) is 0 Å². The van der Waals surface area contributed by atoms with E-state index in [1.54, 1.807) is 37.6 Å². The Bertz CT molecular complexity index is 1090. The molecule has 8 heteroatoms. The van der Waals surface area contributed by atoms with Crippen molar-refractivity contribution in [3.8, 4) is 17.2 Å². The highest BCUT2D eigenvalue weighted by molar-refractivity contribution is 14.1. The maximum atomic E-state index is 12.5. The lowest BCUT2D eigenvalue weighted by Crippen LogP contribution is -2.18. The molecule has 3 aromatic rings. The molecule has 0 aliphatic rings. The third kappa shape index (κ3) is 6.20. The number of hydrogen-bond donors (Lipinski definition) is 1. The Balaban J connectivity index is 1.72. The zero-order valence-electron chi connectivity index (χ0n) is 16.9. The Hall–Kier alpha value is -2.59. The number of ether oxygens (including phenoxy) is 3. The van der Waals surface area contributed by atoms with Crippen LogP contribution in [0.1, 0.15) is 21.5 Å². The molecule has 6 nitrogen and oxygen atoms in total. The Morgan fingerprint density at radius 1 is 1.06 bits per heavy atom. The number of rotatable bonds is 8. The van der Waals surface area contributed by atoms with Crippen molar-refractivity contribution < 1.29 is 19.0 Å². The number of halogens is 2. The molecule has 0 atom stereocenters. The average molecular weight is 595 g/mol. The predicted molar refractivity (Wildman–Crippen MR) is 132 cm³/mol. The van der Waals surface area contributed by atoms with E-state index in [2.05, 4.69) is 49.0 Å². The molecular weight excluding hydrogens is 575 g/mol. The molecule has 3 aromatic carbocycles. The summed E-state index contributed by atoms with van der Waals surface area (Å²) in [4.78, 5) is 12.5. The number of nitrogens with zero attached hydrogens (tertiary/aromatic N) is 1. The van der Waals surface area contributed by atoms with Crippen molar-refractivity contribution in [3.05, 3.63) is 85.4 Å². The Morgan fingerprint density at radius 2 is 1.81 bits per heavy atom. The van der Waals surface area contributed by atoms with Crippen LogP contribution < -0.4 is 19.6 Å². The topological polar surface area (TPSA) is 69.2 Å². The van der Waals surface area contributed by atoms with Crippen molar-refractivity contribution >= 4 is 50.6 Å². The first kappa shape index (κ1) is 23.1. The van der Waals surface area contributed by atoms with Gasteiger partial charge in [-0.1, -0.05) is 46.3 Å². The van der Waals surface area contributed by atoms with Crippen LogP contribution >= 0.6 is 38.5 Å². The maximum absolute atomic E-state index is 12.5. The molecule has 0 bridgehead atoms. The van der Waals surface area contributed by atoms with Gasteiger partial charge >= 0.3 is 0 Å². The van der Waals surface area contributed by atoms with E-state index in [0.29, 0.717) is 29.4 Å². The molecule has 160 valence electrons. The van der Waals surface area contributed by atoms with Gasteiger partial charge in [0, 0.05) is 4.47 Å². The van der Waals surface area contributed by atoms with E-state index >= 15 is 0 Å². The summed E-state index contributed by atoms with van der Waals surface area (Å²) < 4.78 is 18.3. The number of carbonyl (C=O) groups is 1. The first-order valence-corrected chi connectivity index (χ1v) is 11.1. The summed E-state index contributed by atoms with van der Waals surface area (Å²) in [6.45, 7) is 0.436. The molecule has 0 heterocycles. The summed E-state index contributed by atoms with van der Waals surface area (Å²) in [5.74, 6) is 1.34. The fraction of sp³-hybridized carbons (Fsp3) is 0.130. The van der Waals surface area contributed by atoms with Crippen molar-refractivity contribution in [1.82, 2.24) is 5.43 Å². The number of carbonyl (C=O) groups excluding carboxylic acids is 1. The molecule has 0 fully saturated rings. The van der Waals surface area contributed by atoms with Crippen LogP contribution in [0, 0.1) is 3.57 Å². The highest BCUT2D eigenvalue weighted by Gasteiger charge is 2.13. The van der Waals surface area contributed by atoms with E-state index in [-0.39, 0.29) is 5.91 Å². The second-order valence-electron chi connectivity index (χ2n) is 6.35. The zero-order chi connectivity index (χ0) is 22.2. The van der Waals surface area contributed by atoms with Crippen LogP contribution in [-0.4, -0.2) is 26.3 Å². The molecule has 3 rings (SSSR count). The van der Waals surface area contributed by atoms with Crippen LogP contribution in [0.15, 0.2) is 70.2 Å². The Kier molecular flexibility index (Phi) is 8.30. The zero-order valence-corrected chi connectivity index (χ0v) is 20.6. The molecule has 0 aliphatic heterocycles. The van der Waals surface area contributed by atoms with Crippen LogP contribution in [0.25, 0.3) is 0 Å². The van der Waals surface area contributed by atoms with Crippen molar-refractivity contribution in [2.75, 3.05) is 14.2 Å². The second kappa shape index (κ2) is 11.1. The minimum Gasteiger partial charge on any atom is -0.496 e. The lowest BCUT2D eigenvalue weighted by atomic mass is 10.2. The fourth-order valence-electron chi connectivity index (χ4n) is 2.77. The van der Waals surface area contributed by atoms with Gasteiger partial charge in [-0.2, -0.15) is 5.10 Å². The molecule has 1 N–H and O–H groups in total. The van der Waals surface area contributed by atoms with Crippen LogP contribution in [0.5, 0.6) is 17.2 Å². The lowest BCUT2D eigenvalue weighted by molar-refractivity contribution is 0.0952. The normalized spacial score (nSPS) is 10.7. The van der Waals surface area contributed by atoms with Gasteiger partial charge in [-0.15, -0.1) is 0 Å². The molecule has 0 aromatic heterocycles. The van der Waals surface area contributed by atoms with Crippen molar-refractivity contribution in [2.45, 2.75) is 6.61 Å². The number of hydrazone groups is 1. The third-order valence-electron chi connectivity index (χ3n) is 4.26. The molecule has 0 saturated heterocycles. The minimum atomic E-state index is -0.376. The molecular formula is C23H20BrIN2O4. The van der Waals surface area contributed by atoms with Crippen molar-refractivity contribution in [2.24, 2.45) is 5.10 Å². The Morgan fingerprint density at radius 3 is 2.52 bits per heavy atom. The highest BCUT2D eigenvalue weighted by Crippen LogP contribution is 2.34. The largest absolute Gasteiger partial charge is 0.496 e. The van der Waals surface area contributed by atoms with Crippen LogP contribution in [-0.2, 0) is 6.61 Å². The molecule has 1 amide bonds. The van der Waals surface area contributed by atoms with E-state index in [4.69, 9.17) is 14.2 Å². The van der Waals surface area contributed by atoms with Crippen LogP contribution in [0.2, 0.25) is 0 Å². The molecule has 0 aliphatic carbocycles. The van der Waals surface area contributed by atoms with Gasteiger partial charge in [-0.3, -0.25) is 4.79 Å². The van der Waals surface area contributed by atoms with E-state index in [0.717, 1.165) is 19.2 Å². The summed E-state index contributed by atoms with van der Waals surface area (Å²) in [7, 11) is 3.10. The molecule has 31 heavy (non-hydrogen) atoms. The third-order valence-corrected chi connectivity index (χ3v) is 5.56. The van der Waals surface area contributed by atoms with Gasteiger partial charge in [0.1, 0.15) is 12.4 Å². The quantitative estimate of drug-likeness (QED) is 0.215. The standard InChI is InChI=1S/C23H20BrIN2O4/c1-29-20-9-8-17(24)12-18(20)23(28)27-26-13-16-10-19(25)22(21(11-16)30-2)31-14-15-6-4-3-5-7-15/h3-13H,14H2,1-2H3,(H,27,28)/b26-13-. The number of nitrogens with one attached hydrogen (secondary N) is 1. The number of hydrogen-bond acceptors (Lipinski definition) is 5. The smallest absolute Gasteiger partial charge is 0.275 e. The highest BCUT2D eigenvalue weighted by atomic mass is 127. The summed E-state index contributed by atoms with van der Waals surface area (Å²) in [6.07, 6.45) is 1.55. The summed E-state index contributed by atoms with van der Waals surface area (Å²) in [6, 6.07) is 18.8. The molecule has 0 radical (unpaired) electrons. The van der Waals surface area contributed by atoms with Gasteiger partial charge in [-0.05, 0) is 64.0 Å². The summed E-state index contributed by atoms with van der Waals surface area (Å²) in [5.41, 5.74) is 4.73. The maximum Gasteiger partial charge on any atom is 0.275 e. The van der Waals surface area contributed by atoms with E-state index in [1.807, 2.05) is 36.4 Å². The lowest BCUT2D eigenvalue weighted by Gasteiger charge is -2.13. The van der Waals surface area contributed by atoms with Gasteiger partial charge < -0.3 is 14.2 Å². The number of amides is 1. The average Bonchev–Trinajstić information content (AvgIpc) is 2.78. The number of methoxy groups -OCH3 is 2. The summed E-state index contributed by atoms with van der Waals surface area (Å²) >= 11 is 5.55. The first-order chi connectivity index (χ1) is 15.0. The first-order valence-electron chi connectivity index (χ1n) is 9.23. The SMILES string of the molecule is COc1ccc(Br)cc1C(=O)N/N=C\c1cc(I)c(OCc2ccccc2)c(OC)c1. The van der Waals surface area contributed by atoms with Gasteiger partial charge in [0.2, 0.25) is 0 Å². The predicted octanol–water partition coefficient (Wildman–Crippen LogP) is 5.41. The molecule has 0 unspecified atom stereocenters. The van der Waals surface area contributed by atoms with E-state index < -0.39 is 0 Å². The van der Waals surface area contributed by atoms with E-state index in [9.17, 15) is 4.79 Å². The Labute approximate surface area is 202 Å². The molecule has 0 saturated carbocycles. The van der Waals surface area contributed by atoms with Gasteiger partial charge in [-0.25, -0.2) is 5.43 Å². The van der Waals surface area contributed by atoms with Gasteiger partial charge in [0.05, 0.1) is 29.6 Å². The fourth-order valence-corrected chi connectivity index (χ4v) is 3.91. The second-order valence-corrected chi connectivity index (χ2v) is 8.43. The minimum absolute atomic E-state index is 0.376. The monoisotopic (exact) mass is 594 g/mol. The van der Waals surface area contributed by atoms with Gasteiger partial charge in [0.25, 0.3) is 5.91 Å². The number of benzene rings is 3. The molecule has 0 spiro atoms.